The molecule has 2 N–H and O–H groups in total. The normalized spacial score (nSPS) is 11.2. The molecular formula is C12H16N2O5. The summed E-state index contributed by atoms with van der Waals surface area (Å²) in [6.07, 6.45) is 0. The summed E-state index contributed by atoms with van der Waals surface area (Å²) in [6.45, 7) is 3.41. The lowest BCUT2D eigenvalue weighted by molar-refractivity contribution is -0.385. The number of benzene rings is 1. The maximum Gasteiger partial charge on any atom is 0.342 e. The Labute approximate surface area is 110 Å². The average molecular weight is 268 g/mol. The maximum absolute atomic E-state index is 11.0. The maximum atomic E-state index is 11.0. The van der Waals surface area contributed by atoms with Gasteiger partial charge in [0, 0.05) is 18.8 Å². The van der Waals surface area contributed by atoms with E-state index in [0.717, 1.165) is 6.07 Å². The molecule has 1 aromatic rings. The Morgan fingerprint density at radius 1 is 1.47 bits per heavy atom. The third kappa shape index (κ3) is 3.00. The number of carboxylic acid groups (broad SMARTS) is 1. The highest BCUT2D eigenvalue weighted by Gasteiger charge is 2.26. The molecule has 104 valence electrons. The quantitative estimate of drug-likeness (QED) is 0.619. The first-order valence-electron chi connectivity index (χ1n) is 5.57. The number of hydrogen-bond donors (Lipinski definition) is 2. The van der Waals surface area contributed by atoms with Gasteiger partial charge in [-0.05, 0) is 26.0 Å². The molecule has 0 radical (unpaired) electrons. The van der Waals surface area contributed by atoms with Gasteiger partial charge in [-0.1, -0.05) is 0 Å². The minimum atomic E-state index is -1.36. The van der Waals surface area contributed by atoms with Gasteiger partial charge in [0.15, 0.2) is 0 Å². The molecule has 0 atom stereocenters. The number of likely N-dealkylation sites (N-methyl/N-ethyl adjacent to an activating group) is 1. The Kier molecular flexibility index (Phi) is 4.10. The van der Waals surface area contributed by atoms with E-state index in [2.05, 4.69) is 0 Å². The number of carboxylic acids is 1. The zero-order chi connectivity index (χ0) is 14.8. The molecule has 0 spiro atoms. The molecule has 0 unspecified atom stereocenters. The van der Waals surface area contributed by atoms with Crippen molar-refractivity contribution in [3.05, 3.63) is 33.9 Å². The van der Waals surface area contributed by atoms with Crippen LogP contribution in [-0.4, -0.2) is 40.3 Å². The number of nitrogens with zero attached hydrogens (tertiary/aromatic N) is 2. The molecule has 19 heavy (non-hydrogen) atoms. The fourth-order valence-corrected chi connectivity index (χ4v) is 1.52. The highest BCUT2D eigenvalue weighted by Crippen LogP contribution is 2.28. The molecule has 0 aromatic heterocycles. The monoisotopic (exact) mass is 268 g/mol. The summed E-state index contributed by atoms with van der Waals surface area (Å²) < 4.78 is 0. The Bertz CT molecular complexity index is 513. The molecule has 0 bridgehead atoms. The smallest absolute Gasteiger partial charge is 0.342 e. The highest BCUT2D eigenvalue weighted by molar-refractivity contribution is 5.93. The number of rotatable bonds is 5. The minimum Gasteiger partial charge on any atom is -0.477 e. The number of hydrogen-bond acceptors (Lipinski definition) is 5. The van der Waals surface area contributed by atoms with Gasteiger partial charge >= 0.3 is 5.97 Å². The van der Waals surface area contributed by atoms with Gasteiger partial charge in [0.25, 0.3) is 5.69 Å². The first-order chi connectivity index (χ1) is 8.70. The van der Waals surface area contributed by atoms with E-state index >= 15 is 0 Å². The van der Waals surface area contributed by atoms with E-state index in [-0.39, 0.29) is 12.2 Å². The van der Waals surface area contributed by atoms with Gasteiger partial charge in [0.1, 0.15) is 5.56 Å². The SMILES string of the molecule is CN(c1ccc([N+](=O)[O-])c(C(=O)O)c1)C(C)(C)CO. The fourth-order valence-electron chi connectivity index (χ4n) is 1.52. The van der Waals surface area contributed by atoms with E-state index in [4.69, 9.17) is 5.11 Å². The van der Waals surface area contributed by atoms with E-state index < -0.39 is 22.1 Å². The second kappa shape index (κ2) is 5.23. The van der Waals surface area contributed by atoms with E-state index in [1.165, 1.54) is 12.1 Å². The molecule has 0 fully saturated rings. The number of aliphatic hydroxyl groups is 1. The Balaban J connectivity index is 3.30. The van der Waals surface area contributed by atoms with Crippen LogP contribution in [0.25, 0.3) is 0 Å². The largest absolute Gasteiger partial charge is 0.477 e. The van der Waals surface area contributed by atoms with E-state index in [0.29, 0.717) is 5.69 Å². The van der Waals surface area contributed by atoms with Gasteiger partial charge in [-0.15, -0.1) is 0 Å². The van der Waals surface area contributed by atoms with Crippen molar-refractivity contribution in [1.29, 1.82) is 0 Å². The highest BCUT2D eigenvalue weighted by atomic mass is 16.6. The summed E-state index contributed by atoms with van der Waals surface area (Å²) in [5.74, 6) is -1.36. The lowest BCUT2D eigenvalue weighted by atomic mass is 10.0. The minimum absolute atomic E-state index is 0.136. The summed E-state index contributed by atoms with van der Waals surface area (Å²) in [6, 6.07) is 3.85. The molecule has 0 saturated heterocycles. The van der Waals surface area contributed by atoms with Crippen molar-refractivity contribution < 1.29 is 19.9 Å². The second-order valence-corrected chi connectivity index (χ2v) is 4.79. The molecule has 0 amide bonds. The number of anilines is 1. The van der Waals surface area contributed by atoms with Gasteiger partial charge in [-0.2, -0.15) is 0 Å². The molecule has 0 heterocycles. The lowest BCUT2D eigenvalue weighted by Crippen LogP contribution is -2.44. The van der Waals surface area contributed by atoms with Crippen LogP contribution in [-0.2, 0) is 0 Å². The van der Waals surface area contributed by atoms with Crippen LogP contribution >= 0.6 is 0 Å². The van der Waals surface area contributed by atoms with Crippen molar-refractivity contribution in [2.45, 2.75) is 19.4 Å². The molecular weight excluding hydrogens is 252 g/mol. The Hall–Kier alpha value is -2.15. The molecule has 0 aliphatic carbocycles. The van der Waals surface area contributed by atoms with Crippen molar-refractivity contribution in [3.8, 4) is 0 Å². The van der Waals surface area contributed by atoms with Gasteiger partial charge in [0.2, 0.25) is 0 Å². The van der Waals surface area contributed by atoms with Crippen LogP contribution in [0.1, 0.15) is 24.2 Å². The van der Waals surface area contributed by atoms with Gasteiger partial charge in [-0.25, -0.2) is 4.79 Å². The predicted molar refractivity (Wildman–Crippen MR) is 69.6 cm³/mol. The topological polar surface area (TPSA) is 104 Å². The molecule has 1 aromatic carbocycles. The number of carbonyl (C=O) groups is 1. The van der Waals surface area contributed by atoms with E-state index in [1.54, 1.807) is 25.8 Å². The van der Waals surface area contributed by atoms with Crippen molar-refractivity contribution in [2.24, 2.45) is 0 Å². The van der Waals surface area contributed by atoms with Gasteiger partial charge in [0.05, 0.1) is 17.1 Å². The molecule has 7 heteroatoms. The lowest BCUT2D eigenvalue weighted by Gasteiger charge is -2.35. The summed E-state index contributed by atoms with van der Waals surface area (Å²) in [5, 5.41) is 29.0. The molecule has 0 aliphatic rings. The first-order valence-corrected chi connectivity index (χ1v) is 5.57. The van der Waals surface area contributed by atoms with Crippen molar-refractivity contribution >= 4 is 17.3 Å². The number of aliphatic hydroxyl groups excluding tert-OH is 1. The van der Waals surface area contributed by atoms with Crippen LogP contribution in [0.4, 0.5) is 11.4 Å². The fraction of sp³-hybridized carbons (Fsp3) is 0.417. The zero-order valence-electron chi connectivity index (χ0n) is 11.0. The summed E-state index contributed by atoms with van der Waals surface area (Å²) in [7, 11) is 1.68. The molecule has 0 saturated carbocycles. The number of nitro benzene ring substituents is 1. The third-order valence-electron chi connectivity index (χ3n) is 3.09. The zero-order valence-corrected chi connectivity index (χ0v) is 11.0. The van der Waals surface area contributed by atoms with Crippen molar-refractivity contribution in [3.63, 3.8) is 0 Å². The number of nitro groups is 1. The van der Waals surface area contributed by atoms with Gasteiger partial charge < -0.3 is 15.1 Å². The van der Waals surface area contributed by atoms with Gasteiger partial charge in [-0.3, -0.25) is 10.1 Å². The standard InChI is InChI=1S/C12H16N2O5/c1-12(2,7-15)13(3)8-4-5-10(14(18)19)9(6-8)11(16)17/h4-6,15H,7H2,1-3H3,(H,16,17). The van der Waals surface area contributed by atoms with Crippen LogP contribution in [0.3, 0.4) is 0 Å². The molecule has 7 nitrogen and oxygen atoms in total. The van der Waals surface area contributed by atoms with Crippen LogP contribution in [0.5, 0.6) is 0 Å². The van der Waals surface area contributed by atoms with Crippen LogP contribution in [0, 0.1) is 10.1 Å². The second-order valence-electron chi connectivity index (χ2n) is 4.79. The van der Waals surface area contributed by atoms with Crippen LogP contribution < -0.4 is 4.90 Å². The first kappa shape index (κ1) is 14.9. The Morgan fingerprint density at radius 2 is 2.05 bits per heavy atom. The molecule has 1 rings (SSSR count). The third-order valence-corrected chi connectivity index (χ3v) is 3.09. The van der Waals surface area contributed by atoms with E-state index in [9.17, 15) is 20.0 Å². The van der Waals surface area contributed by atoms with Crippen LogP contribution in [0.15, 0.2) is 18.2 Å². The summed E-state index contributed by atoms with van der Waals surface area (Å²) >= 11 is 0. The van der Waals surface area contributed by atoms with Crippen molar-refractivity contribution in [1.82, 2.24) is 0 Å². The predicted octanol–water partition coefficient (Wildman–Crippen LogP) is 1.50. The van der Waals surface area contributed by atoms with Crippen LogP contribution in [0.2, 0.25) is 0 Å². The van der Waals surface area contributed by atoms with Crippen molar-refractivity contribution in [2.75, 3.05) is 18.6 Å². The Morgan fingerprint density at radius 3 is 2.47 bits per heavy atom. The summed E-state index contributed by atoms with van der Waals surface area (Å²) in [5.41, 5.74) is -0.942. The summed E-state index contributed by atoms with van der Waals surface area (Å²) in [4.78, 5) is 22.7. The molecule has 0 aliphatic heterocycles. The number of aromatic carboxylic acids is 1. The average Bonchev–Trinajstić information content (AvgIpc) is 2.36. The van der Waals surface area contributed by atoms with E-state index in [1.807, 2.05) is 0 Å².